The predicted octanol–water partition coefficient (Wildman–Crippen LogP) is 1.43. The quantitative estimate of drug-likeness (QED) is 0.559. The summed E-state index contributed by atoms with van der Waals surface area (Å²) >= 11 is 0. The summed E-state index contributed by atoms with van der Waals surface area (Å²) in [6, 6.07) is 0. The van der Waals surface area contributed by atoms with Gasteiger partial charge in [-0.15, -0.1) is 6.58 Å². The topological polar surface area (TPSA) is 20.3 Å². The van der Waals surface area contributed by atoms with Crippen LogP contribution in [-0.4, -0.2) is 23.9 Å². The molecule has 0 aromatic carbocycles. The van der Waals surface area contributed by atoms with Crippen molar-refractivity contribution in [2.45, 2.75) is 19.8 Å². The molecule has 0 saturated heterocycles. The van der Waals surface area contributed by atoms with Crippen LogP contribution < -0.4 is 0 Å². The molecular formula is C9H15NO. The van der Waals surface area contributed by atoms with Crippen molar-refractivity contribution in [2.24, 2.45) is 5.92 Å². The number of nitrogens with zero attached hydrogens (tertiary/aromatic N) is 1. The molecule has 0 atom stereocenters. The highest BCUT2D eigenvalue weighted by atomic mass is 16.2. The first kappa shape index (κ1) is 8.31. The summed E-state index contributed by atoms with van der Waals surface area (Å²) in [6.07, 6.45) is 3.96. The van der Waals surface area contributed by atoms with E-state index in [1.165, 1.54) is 0 Å². The van der Waals surface area contributed by atoms with Gasteiger partial charge in [0.2, 0.25) is 5.91 Å². The van der Waals surface area contributed by atoms with Gasteiger partial charge in [-0.3, -0.25) is 4.79 Å². The molecule has 62 valence electrons. The Labute approximate surface area is 67.9 Å². The molecule has 1 fully saturated rings. The zero-order valence-electron chi connectivity index (χ0n) is 7.05. The van der Waals surface area contributed by atoms with E-state index in [1.54, 1.807) is 6.08 Å². The number of amides is 1. The molecule has 11 heavy (non-hydrogen) atoms. The van der Waals surface area contributed by atoms with Crippen molar-refractivity contribution in [2.75, 3.05) is 13.1 Å². The zero-order valence-corrected chi connectivity index (χ0v) is 7.05. The summed E-state index contributed by atoms with van der Waals surface area (Å²) in [5.74, 6) is 0.655. The van der Waals surface area contributed by atoms with Crippen LogP contribution in [0, 0.1) is 5.92 Å². The average molecular weight is 153 g/mol. The van der Waals surface area contributed by atoms with Crippen LogP contribution in [0.25, 0.3) is 0 Å². The van der Waals surface area contributed by atoms with E-state index in [-0.39, 0.29) is 0 Å². The molecule has 0 unspecified atom stereocenters. The summed E-state index contributed by atoms with van der Waals surface area (Å²) in [5, 5.41) is 0. The Hall–Kier alpha value is -0.790. The first-order valence-electron chi connectivity index (χ1n) is 4.19. The van der Waals surface area contributed by atoms with Crippen molar-refractivity contribution in [3.8, 4) is 0 Å². The fraction of sp³-hybridized carbons (Fsp3) is 0.667. The van der Waals surface area contributed by atoms with Gasteiger partial charge in [-0.2, -0.15) is 0 Å². The summed E-state index contributed by atoms with van der Waals surface area (Å²) in [5.41, 5.74) is 0. The van der Waals surface area contributed by atoms with Gasteiger partial charge < -0.3 is 4.90 Å². The van der Waals surface area contributed by atoms with Gasteiger partial charge in [-0.1, -0.05) is 6.08 Å². The number of likely N-dealkylation sites (N-methyl/N-ethyl adjacent to an activating group) is 1. The van der Waals surface area contributed by atoms with E-state index in [2.05, 4.69) is 6.58 Å². The molecule has 2 nitrogen and oxygen atoms in total. The molecule has 0 N–H and O–H groups in total. The number of carbonyl (C=O) groups excluding carboxylic acids is 1. The molecule has 1 saturated carbocycles. The molecule has 0 heterocycles. The van der Waals surface area contributed by atoms with Crippen LogP contribution in [0.2, 0.25) is 0 Å². The molecule has 0 bridgehead atoms. The molecule has 1 aliphatic carbocycles. The maximum atomic E-state index is 11.4. The summed E-state index contributed by atoms with van der Waals surface area (Å²) in [4.78, 5) is 13.3. The van der Waals surface area contributed by atoms with Crippen molar-refractivity contribution in [1.82, 2.24) is 4.90 Å². The van der Waals surface area contributed by atoms with Crippen LogP contribution >= 0.6 is 0 Å². The molecule has 1 amide bonds. The van der Waals surface area contributed by atoms with E-state index in [1.807, 2.05) is 11.8 Å². The lowest BCUT2D eigenvalue weighted by Crippen LogP contribution is -2.31. The second-order valence-corrected chi connectivity index (χ2v) is 2.94. The lowest BCUT2D eigenvalue weighted by Gasteiger charge is -2.18. The predicted molar refractivity (Wildman–Crippen MR) is 45.2 cm³/mol. The van der Waals surface area contributed by atoms with Gasteiger partial charge >= 0.3 is 0 Å². The normalized spacial score (nSPS) is 16.1. The minimum Gasteiger partial charge on any atom is -0.339 e. The monoisotopic (exact) mass is 153 g/mol. The van der Waals surface area contributed by atoms with Gasteiger partial charge in [-0.05, 0) is 19.8 Å². The number of hydrogen-bond acceptors (Lipinski definition) is 1. The van der Waals surface area contributed by atoms with Gasteiger partial charge in [0.25, 0.3) is 0 Å². The number of hydrogen-bond donors (Lipinski definition) is 0. The van der Waals surface area contributed by atoms with Gasteiger partial charge in [0.05, 0.1) is 0 Å². The van der Waals surface area contributed by atoms with Gasteiger partial charge in [0, 0.05) is 19.0 Å². The van der Waals surface area contributed by atoms with Crippen LogP contribution in [0.4, 0.5) is 0 Å². The Bertz CT molecular complexity index is 161. The summed E-state index contributed by atoms with van der Waals surface area (Å²) in [7, 11) is 0. The summed E-state index contributed by atoms with van der Waals surface area (Å²) in [6.45, 7) is 7.13. The Morgan fingerprint density at radius 1 is 1.73 bits per heavy atom. The number of rotatable bonds is 4. The smallest absolute Gasteiger partial charge is 0.225 e. The highest BCUT2D eigenvalue weighted by Gasteiger charge is 2.32. The molecule has 0 aliphatic heterocycles. The van der Waals surface area contributed by atoms with E-state index < -0.39 is 0 Å². The Balaban J connectivity index is 2.38. The third-order valence-electron chi connectivity index (χ3n) is 1.97. The van der Waals surface area contributed by atoms with E-state index >= 15 is 0 Å². The molecule has 2 heteroatoms. The van der Waals surface area contributed by atoms with Crippen molar-refractivity contribution < 1.29 is 4.79 Å². The molecule has 0 aromatic heterocycles. The van der Waals surface area contributed by atoms with E-state index in [0.29, 0.717) is 18.4 Å². The Morgan fingerprint density at radius 2 is 2.36 bits per heavy atom. The fourth-order valence-corrected chi connectivity index (χ4v) is 1.12. The van der Waals surface area contributed by atoms with Crippen molar-refractivity contribution in [3.05, 3.63) is 12.7 Å². The molecule has 0 radical (unpaired) electrons. The number of carbonyl (C=O) groups is 1. The molecule has 1 rings (SSSR count). The minimum atomic E-state index is 0.312. The van der Waals surface area contributed by atoms with Gasteiger partial charge in [-0.25, -0.2) is 0 Å². The molecular weight excluding hydrogens is 138 g/mol. The second kappa shape index (κ2) is 3.56. The maximum absolute atomic E-state index is 11.4. The largest absolute Gasteiger partial charge is 0.339 e. The maximum Gasteiger partial charge on any atom is 0.225 e. The highest BCUT2D eigenvalue weighted by Crippen LogP contribution is 2.30. The second-order valence-electron chi connectivity index (χ2n) is 2.94. The van der Waals surface area contributed by atoms with E-state index in [0.717, 1.165) is 19.4 Å². The van der Waals surface area contributed by atoms with Crippen molar-refractivity contribution >= 4 is 5.91 Å². The van der Waals surface area contributed by atoms with Crippen LogP contribution in [0.3, 0.4) is 0 Å². The van der Waals surface area contributed by atoms with Gasteiger partial charge in [0.15, 0.2) is 0 Å². The molecule has 0 spiro atoms. The Morgan fingerprint density at radius 3 is 2.73 bits per heavy atom. The van der Waals surface area contributed by atoms with Gasteiger partial charge in [0.1, 0.15) is 0 Å². The van der Waals surface area contributed by atoms with Crippen LogP contribution in [-0.2, 0) is 4.79 Å². The fourth-order valence-electron chi connectivity index (χ4n) is 1.12. The standard InChI is InChI=1S/C9H15NO/c1-3-7-10(4-2)9(11)8-5-6-8/h3,8H,1,4-7H2,2H3. The lowest BCUT2D eigenvalue weighted by molar-refractivity contribution is -0.131. The summed E-state index contributed by atoms with van der Waals surface area (Å²) < 4.78 is 0. The van der Waals surface area contributed by atoms with Crippen molar-refractivity contribution in [3.63, 3.8) is 0 Å². The first-order valence-corrected chi connectivity index (χ1v) is 4.19. The van der Waals surface area contributed by atoms with E-state index in [9.17, 15) is 4.79 Å². The first-order chi connectivity index (χ1) is 5.29. The van der Waals surface area contributed by atoms with Crippen molar-refractivity contribution in [1.29, 1.82) is 0 Å². The zero-order chi connectivity index (χ0) is 8.27. The van der Waals surface area contributed by atoms with Crippen LogP contribution in [0.1, 0.15) is 19.8 Å². The third-order valence-corrected chi connectivity index (χ3v) is 1.97. The SMILES string of the molecule is C=CCN(CC)C(=O)C1CC1. The Kier molecular flexibility index (Phi) is 2.69. The molecule has 1 aliphatic rings. The lowest BCUT2D eigenvalue weighted by atomic mass is 10.3. The minimum absolute atomic E-state index is 0.312. The van der Waals surface area contributed by atoms with Crippen LogP contribution in [0.5, 0.6) is 0 Å². The average Bonchev–Trinajstić information content (AvgIpc) is 2.81. The highest BCUT2D eigenvalue weighted by molar-refractivity contribution is 5.81. The van der Waals surface area contributed by atoms with Crippen LogP contribution in [0.15, 0.2) is 12.7 Å². The molecule has 0 aromatic rings. The van der Waals surface area contributed by atoms with E-state index in [4.69, 9.17) is 0 Å². The third kappa shape index (κ3) is 2.07.